The van der Waals surface area contributed by atoms with Crippen molar-refractivity contribution in [2.24, 2.45) is 5.41 Å². The molecular formula is C15H25N3O2. The minimum absolute atomic E-state index is 0.0311. The summed E-state index contributed by atoms with van der Waals surface area (Å²) in [5, 5.41) is 9.48. The van der Waals surface area contributed by atoms with Crippen molar-refractivity contribution in [2.75, 3.05) is 40.9 Å². The van der Waals surface area contributed by atoms with Crippen molar-refractivity contribution >= 4 is 5.91 Å². The molecule has 0 bridgehead atoms. The summed E-state index contributed by atoms with van der Waals surface area (Å²) in [6.45, 7) is 1.72. The summed E-state index contributed by atoms with van der Waals surface area (Å²) >= 11 is 0. The molecule has 0 spiro atoms. The lowest BCUT2D eigenvalue weighted by atomic mass is 9.74. The number of likely N-dealkylation sites (N-methyl/N-ethyl adjacent to an activating group) is 2. The molecule has 1 amide bonds. The molecule has 1 heterocycles. The maximum absolute atomic E-state index is 12.7. The Kier molecular flexibility index (Phi) is 4.36. The highest BCUT2D eigenvalue weighted by Crippen LogP contribution is 2.38. The van der Waals surface area contributed by atoms with Crippen LogP contribution in [0.1, 0.15) is 32.1 Å². The van der Waals surface area contributed by atoms with Gasteiger partial charge in [0.25, 0.3) is 0 Å². The Bertz CT molecular complexity index is 404. The fraction of sp³-hybridized carbons (Fsp3) is 0.867. The normalized spacial score (nSPS) is 23.8. The largest absolute Gasteiger partial charge is 0.381 e. The van der Waals surface area contributed by atoms with Crippen molar-refractivity contribution in [1.82, 2.24) is 9.80 Å². The molecule has 0 aromatic heterocycles. The second kappa shape index (κ2) is 5.71. The summed E-state index contributed by atoms with van der Waals surface area (Å²) in [6, 6.07) is 2.26. The topological polar surface area (TPSA) is 56.6 Å². The molecule has 0 unspecified atom stereocenters. The quantitative estimate of drug-likeness (QED) is 0.777. The molecule has 2 aliphatic rings. The van der Waals surface area contributed by atoms with Crippen molar-refractivity contribution in [3.8, 4) is 6.07 Å². The van der Waals surface area contributed by atoms with E-state index in [1.54, 1.807) is 4.90 Å². The van der Waals surface area contributed by atoms with Gasteiger partial charge in [-0.25, -0.2) is 0 Å². The molecule has 5 heteroatoms. The molecule has 1 aliphatic heterocycles. The first kappa shape index (κ1) is 15.3. The summed E-state index contributed by atoms with van der Waals surface area (Å²) < 4.78 is 5.30. The molecule has 1 aliphatic carbocycles. The molecule has 20 heavy (non-hydrogen) atoms. The van der Waals surface area contributed by atoms with Crippen LogP contribution in [0.15, 0.2) is 0 Å². The highest BCUT2D eigenvalue weighted by molar-refractivity contribution is 5.85. The first-order valence-electron chi connectivity index (χ1n) is 7.38. The van der Waals surface area contributed by atoms with Crippen LogP contribution in [-0.4, -0.2) is 62.1 Å². The highest BCUT2D eigenvalue weighted by Gasteiger charge is 2.46. The smallest absolute Gasteiger partial charge is 0.243 e. The van der Waals surface area contributed by atoms with E-state index in [9.17, 15) is 10.1 Å². The Morgan fingerprint density at radius 2 is 1.80 bits per heavy atom. The Morgan fingerprint density at radius 1 is 1.20 bits per heavy atom. The number of carbonyl (C=O) groups excluding carboxylic acids is 1. The van der Waals surface area contributed by atoms with Crippen LogP contribution in [0.25, 0.3) is 0 Å². The summed E-state index contributed by atoms with van der Waals surface area (Å²) in [6.07, 6.45) is 4.50. The Labute approximate surface area is 121 Å². The van der Waals surface area contributed by atoms with Crippen LogP contribution in [0, 0.1) is 16.7 Å². The SMILES string of the molecule is CN(CC1(N(C)C)CCC1)C(=O)C1(C#N)CCOCC1. The van der Waals surface area contributed by atoms with E-state index in [1.165, 1.54) is 6.42 Å². The van der Waals surface area contributed by atoms with Crippen LogP contribution < -0.4 is 0 Å². The number of hydrogen-bond donors (Lipinski definition) is 0. The Balaban J connectivity index is 2.06. The zero-order valence-corrected chi connectivity index (χ0v) is 12.8. The first-order valence-corrected chi connectivity index (χ1v) is 7.38. The predicted octanol–water partition coefficient (Wildman–Crippen LogP) is 1.25. The van der Waals surface area contributed by atoms with Gasteiger partial charge in [-0.2, -0.15) is 5.26 Å². The van der Waals surface area contributed by atoms with Crippen LogP contribution in [0.3, 0.4) is 0 Å². The van der Waals surface area contributed by atoms with E-state index in [1.807, 2.05) is 7.05 Å². The number of ether oxygens (including phenoxy) is 1. The highest BCUT2D eigenvalue weighted by atomic mass is 16.5. The minimum atomic E-state index is -0.871. The number of hydrogen-bond acceptors (Lipinski definition) is 4. The average Bonchev–Trinajstić information content (AvgIpc) is 2.42. The van der Waals surface area contributed by atoms with E-state index in [-0.39, 0.29) is 11.4 Å². The van der Waals surface area contributed by atoms with E-state index in [0.29, 0.717) is 32.6 Å². The molecule has 1 saturated carbocycles. The lowest BCUT2D eigenvalue weighted by molar-refractivity contribution is -0.144. The molecule has 0 radical (unpaired) electrons. The van der Waals surface area contributed by atoms with Gasteiger partial charge in [0.05, 0.1) is 6.07 Å². The van der Waals surface area contributed by atoms with Gasteiger partial charge in [-0.1, -0.05) is 0 Å². The zero-order valence-electron chi connectivity index (χ0n) is 12.8. The summed E-state index contributed by atoms with van der Waals surface area (Å²) in [7, 11) is 5.98. The molecule has 2 rings (SSSR count). The van der Waals surface area contributed by atoms with Gasteiger partial charge in [-0.05, 0) is 46.2 Å². The van der Waals surface area contributed by atoms with E-state index in [2.05, 4.69) is 25.1 Å². The summed E-state index contributed by atoms with van der Waals surface area (Å²) in [5.74, 6) is -0.0311. The second-order valence-corrected chi connectivity index (χ2v) is 6.44. The molecule has 112 valence electrons. The summed E-state index contributed by atoms with van der Waals surface area (Å²) in [5.41, 5.74) is -0.767. The first-order chi connectivity index (χ1) is 9.46. The number of nitriles is 1. The van der Waals surface area contributed by atoms with Crippen molar-refractivity contribution in [2.45, 2.75) is 37.6 Å². The standard InChI is InChI=1S/C15H25N3O2/c1-17(2)15(5-4-6-15)12-18(3)13(19)14(11-16)7-9-20-10-8-14/h4-10,12H2,1-3H3. The van der Waals surface area contributed by atoms with Gasteiger partial charge in [0.2, 0.25) is 5.91 Å². The number of amides is 1. The van der Waals surface area contributed by atoms with Gasteiger partial charge in [-0.3, -0.25) is 4.79 Å². The lowest BCUT2D eigenvalue weighted by Gasteiger charge is -2.50. The third kappa shape index (κ3) is 2.55. The lowest BCUT2D eigenvalue weighted by Crippen LogP contribution is -2.59. The second-order valence-electron chi connectivity index (χ2n) is 6.44. The molecule has 2 fully saturated rings. The van der Waals surface area contributed by atoms with Gasteiger partial charge in [0.15, 0.2) is 0 Å². The van der Waals surface area contributed by atoms with E-state index in [0.717, 1.165) is 12.8 Å². The molecule has 1 saturated heterocycles. The fourth-order valence-electron chi connectivity index (χ4n) is 3.30. The van der Waals surface area contributed by atoms with Crippen molar-refractivity contribution in [3.63, 3.8) is 0 Å². The average molecular weight is 279 g/mol. The van der Waals surface area contributed by atoms with Crippen LogP contribution in [-0.2, 0) is 9.53 Å². The minimum Gasteiger partial charge on any atom is -0.381 e. The van der Waals surface area contributed by atoms with Crippen LogP contribution >= 0.6 is 0 Å². The van der Waals surface area contributed by atoms with Gasteiger partial charge in [0.1, 0.15) is 5.41 Å². The fourth-order valence-corrected chi connectivity index (χ4v) is 3.30. The van der Waals surface area contributed by atoms with E-state index >= 15 is 0 Å². The van der Waals surface area contributed by atoms with Gasteiger partial charge >= 0.3 is 0 Å². The van der Waals surface area contributed by atoms with Crippen molar-refractivity contribution < 1.29 is 9.53 Å². The Morgan fingerprint density at radius 3 is 2.20 bits per heavy atom. The molecule has 0 aromatic carbocycles. The van der Waals surface area contributed by atoms with E-state index in [4.69, 9.17) is 4.74 Å². The van der Waals surface area contributed by atoms with Crippen LogP contribution in [0.5, 0.6) is 0 Å². The predicted molar refractivity (Wildman–Crippen MR) is 76.0 cm³/mol. The third-order valence-corrected chi connectivity index (χ3v) is 5.08. The Hall–Kier alpha value is -1.12. The maximum atomic E-state index is 12.7. The van der Waals surface area contributed by atoms with Crippen LogP contribution in [0.2, 0.25) is 0 Å². The number of carbonyl (C=O) groups is 1. The molecular weight excluding hydrogens is 254 g/mol. The zero-order chi connectivity index (χ0) is 14.8. The summed E-state index contributed by atoms with van der Waals surface area (Å²) in [4.78, 5) is 16.7. The monoisotopic (exact) mass is 279 g/mol. The van der Waals surface area contributed by atoms with Crippen LogP contribution in [0.4, 0.5) is 0 Å². The van der Waals surface area contributed by atoms with Gasteiger partial charge in [0, 0.05) is 32.3 Å². The van der Waals surface area contributed by atoms with Crippen molar-refractivity contribution in [1.29, 1.82) is 5.26 Å². The van der Waals surface area contributed by atoms with Gasteiger partial charge in [-0.15, -0.1) is 0 Å². The molecule has 0 atom stereocenters. The van der Waals surface area contributed by atoms with E-state index < -0.39 is 5.41 Å². The van der Waals surface area contributed by atoms with Crippen molar-refractivity contribution in [3.05, 3.63) is 0 Å². The number of rotatable bonds is 4. The third-order valence-electron chi connectivity index (χ3n) is 5.08. The van der Waals surface area contributed by atoms with Gasteiger partial charge < -0.3 is 14.5 Å². The molecule has 0 N–H and O–H groups in total. The molecule has 5 nitrogen and oxygen atoms in total. The maximum Gasteiger partial charge on any atom is 0.243 e. The number of nitrogens with zero attached hydrogens (tertiary/aromatic N) is 3. The molecule has 0 aromatic rings.